The van der Waals surface area contributed by atoms with Gasteiger partial charge in [-0.25, -0.2) is 0 Å². The van der Waals surface area contributed by atoms with Crippen molar-refractivity contribution in [3.63, 3.8) is 0 Å². The molecule has 1 rings (SSSR count). The predicted molar refractivity (Wildman–Crippen MR) is 77.7 cm³/mol. The fourth-order valence-electron chi connectivity index (χ4n) is 1.69. The first-order valence-corrected chi connectivity index (χ1v) is 6.44. The van der Waals surface area contributed by atoms with Gasteiger partial charge in [-0.3, -0.25) is 9.59 Å². The van der Waals surface area contributed by atoms with Gasteiger partial charge >= 0.3 is 0 Å². The van der Waals surface area contributed by atoms with Gasteiger partial charge in [0.05, 0.1) is 13.7 Å². The van der Waals surface area contributed by atoms with E-state index in [9.17, 15) is 9.59 Å². The van der Waals surface area contributed by atoms with E-state index in [0.29, 0.717) is 23.5 Å². The Bertz CT molecular complexity index is 489. The molecule has 20 heavy (non-hydrogen) atoms. The van der Waals surface area contributed by atoms with E-state index in [-0.39, 0.29) is 18.4 Å². The molecule has 2 amide bonds. The lowest BCUT2D eigenvalue weighted by atomic mass is 10.1. The number of carbonyl (C=O) groups excluding carboxylic acids is 2. The number of anilines is 1. The minimum absolute atomic E-state index is 0.00987. The second-order valence-electron chi connectivity index (χ2n) is 4.51. The number of amides is 2. The number of nitrogens with one attached hydrogen (secondary N) is 1. The number of hydrogen-bond acceptors (Lipinski definition) is 4. The molecule has 0 fully saturated rings. The Labute approximate surface area is 118 Å². The standard InChI is InChI=1S/C14H21N3O3/c1-4-5-16-13(18)9-17(2)14(19)10-6-11(15)8-12(7-10)20-3/h6-8H,4-5,9,15H2,1-3H3,(H,16,18). The van der Waals surface area contributed by atoms with Crippen LogP contribution >= 0.6 is 0 Å². The minimum atomic E-state index is -0.276. The minimum Gasteiger partial charge on any atom is -0.497 e. The van der Waals surface area contributed by atoms with Gasteiger partial charge in [-0.15, -0.1) is 0 Å². The number of nitrogens with zero attached hydrogens (tertiary/aromatic N) is 1. The summed E-state index contributed by atoms with van der Waals surface area (Å²) in [5.41, 5.74) is 6.55. The summed E-state index contributed by atoms with van der Waals surface area (Å²) >= 11 is 0. The quantitative estimate of drug-likeness (QED) is 0.757. The zero-order valence-electron chi connectivity index (χ0n) is 12.1. The first kappa shape index (κ1) is 15.8. The van der Waals surface area contributed by atoms with Crippen molar-refractivity contribution in [1.82, 2.24) is 10.2 Å². The van der Waals surface area contributed by atoms with Crippen molar-refractivity contribution in [2.24, 2.45) is 0 Å². The molecular formula is C14H21N3O3. The lowest BCUT2D eigenvalue weighted by molar-refractivity contribution is -0.121. The van der Waals surface area contributed by atoms with Crippen molar-refractivity contribution >= 4 is 17.5 Å². The van der Waals surface area contributed by atoms with Crippen LogP contribution in [0, 0.1) is 0 Å². The summed E-state index contributed by atoms with van der Waals surface area (Å²) < 4.78 is 5.07. The second-order valence-corrected chi connectivity index (χ2v) is 4.51. The van der Waals surface area contributed by atoms with Gasteiger partial charge < -0.3 is 20.7 Å². The number of carbonyl (C=O) groups is 2. The van der Waals surface area contributed by atoms with Crippen molar-refractivity contribution < 1.29 is 14.3 Å². The molecule has 110 valence electrons. The van der Waals surface area contributed by atoms with Crippen LogP contribution in [0.3, 0.4) is 0 Å². The third-order valence-corrected chi connectivity index (χ3v) is 2.71. The van der Waals surface area contributed by atoms with Crippen LogP contribution in [0.15, 0.2) is 18.2 Å². The highest BCUT2D eigenvalue weighted by Gasteiger charge is 2.16. The van der Waals surface area contributed by atoms with Gasteiger partial charge in [0.15, 0.2) is 0 Å². The van der Waals surface area contributed by atoms with E-state index in [1.165, 1.54) is 12.0 Å². The van der Waals surface area contributed by atoms with Crippen molar-refractivity contribution in [1.29, 1.82) is 0 Å². The van der Waals surface area contributed by atoms with Crippen LogP contribution < -0.4 is 15.8 Å². The molecule has 6 nitrogen and oxygen atoms in total. The Morgan fingerprint density at radius 3 is 2.65 bits per heavy atom. The zero-order valence-corrected chi connectivity index (χ0v) is 12.1. The van der Waals surface area contributed by atoms with E-state index in [4.69, 9.17) is 10.5 Å². The van der Waals surface area contributed by atoms with E-state index in [2.05, 4.69) is 5.32 Å². The highest BCUT2D eigenvalue weighted by molar-refractivity contribution is 5.97. The average Bonchev–Trinajstić information content (AvgIpc) is 2.43. The molecule has 1 aromatic rings. The van der Waals surface area contributed by atoms with Gasteiger partial charge in [0.25, 0.3) is 5.91 Å². The number of nitrogens with two attached hydrogens (primary N) is 1. The average molecular weight is 279 g/mol. The molecule has 0 aliphatic carbocycles. The normalized spacial score (nSPS) is 9.95. The Kier molecular flexibility index (Phi) is 5.83. The molecule has 0 unspecified atom stereocenters. The number of likely N-dealkylation sites (N-methyl/N-ethyl adjacent to an activating group) is 1. The fourth-order valence-corrected chi connectivity index (χ4v) is 1.69. The first-order valence-electron chi connectivity index (χ1n) is 6.44. The second kappa shape index (κ2) is 7.37. The van der Waals surface area contributed by atoms with Crippen LogP contribution in [0.5, 0.6) is 5.75 Å². The third-order valence-electron chi connectivity index (χ3n) is 2.71. The van der Waals surface area contributed by atoms with Crippen LogP contribution in [-0.2, 0) is 4.79 Å². The molecule has 6 heteroatoms. The number of rotatable bonds is 6. The molecule has 0 saturated heterocycles. The molecule has 0 bridgehead atoms. The molecular weight excluding hydrogens is 258 g/mol. The Balaban J connectivity index is 2.73. The highest BCUT2D eigenvalue weighted by Crippen LogP contribution is 2.19. The van der Waals surface area contributed by atoms with Gasteiger partial charge in [0, 0.05) is 30.9 Å². The monoisotopic (exact) mass is 279 g/mol. The largest absolute Gasteiger partial charge is 0.497 e. The van der Waals surface area contributed by atoms with Gasteiger partial charge in [-0.2, -0.15) is 0 Å². The van der Waals surface area contributed by atoms with Gasteiger partial charge in [-0.05, 0) is 18.6 Å². The molecule has 0 saturated carbocycles. The lowest BCUT2D eigenvalue weighted by Crippen LogP contribution is -2.38. The van der Waals surface area contributed by atoms with Gasteiger partial charge in [0.2, 0.25) is 5.91 Å². The lowest BCUT2D eigenvalue weighted by Gasteiger charge is -2.17. The van der Waals surface area contributed by atoms with E-state index in [0.717, 1.165) is 6.42 Å². The summed E-state index contributed by atoms with van der Waals surface area (Å²) in [6.45, 7) is 2.58. The van der Waals surface area contributed by atoms with Crippen molar-refractivity contribution in [2.45, 2.75) is 13.3 Å². The molecule has 0 heterocycles. The van der Waals surface area contributed by atoms with E-state index in [1.807, 2.05) is 6.92 Å². The van der Waals surface area contributed by atoms with E-state index >= 15 is 0 Å². The maximum absolute atomic E-state index is 12.2. The van der Waals surface area contributed by atoms with E-state index in [1.54, 1.807) is 25.2 Å². The van der Waals surface area contributed by atoms with Gasteiger partial charge in [-0.1, -0.05) is 6.92 Å². The maximum atomic E-state index is 12.2. The Morgan fingerprint density at radius 1 is 1.35 bits per heavy atom. The number of ether oxygens (including phenoxy) is 1. The predicted octanol–water partition coefficient (Wildman–Crippen LogP) is 0.876. The number of methoxy groups -OCH3 is 1. The van der Waals surface area contributed by atoms with Crippen LogP contribution in [0.25, 0.3) is 0 Å². The summed E-state index contributed by atoms with van der Waals surface area (Å²) in [6.07, 6.45) is 0.857. The SMILES string of the molecule is CCCNC(=O)CN(C)C(=O)c1cc(N)cc(OC)c1. The summed E-state index contributed by atoms with van der Waals surface area (Å²) in [4.78, 5) is 25.1. The Morgan fingerprint density at radius 2 is 2.05 bits per heavy atom. The van der Waals surface area contributed by atoms with Crippen LogP contribution in [0.1, 0.15) is 23.7 Å². The van der Waals surface area contributed by atoms with Crippen LogP contribution in [0.2, 0.25) is 0 Å². The Hall–Kier alpha value is -2.24. The first-order chi connectivity index (χ1) is 9.47. The summed E-state index contributed by atoms with van der Waals surface area (Å²) in [7, 11) is 3.08. The van der Waals surface area contributed by atoms with Crippen molar-refractivity contribution in [3.8, 4) is 5.75 Å². The zero-order chi connectivity index (χ0) is 15.1. The molecule has 0 aromatic heterocycles. The summed E-state index contributed by atoms with van der Waals surface area (Å²) in [5, 5.41) is 2.72. The molecule has 1 aromatic carbocycles. The highest BCUT2D eigenvalue weighted by atomic mass is 16.5. The number of benzene rings is 1. The molecule has 0 spiro atoms. The molecule has 3 N–H and O–H groups in total. The number of nitrogen functional groups attached to an aromatic ring is 1. The smallest absolute Gasteiger partial charge is 0.254 e. The molecule has 0 aliphatic heterocycles. The molecule has 0 aliphatic rings. The third kappa shape index (κ3) is 4.46. The topological polar surface area (TPSA) is 84.7 Å². The van der Waals surface area contributed by atoms with Crippen molar-refractivity contribution in [2.75, 3.05) is 33.0 Å². The van der Waals surface area contributed by atoms with E-state index < -0.39 is 0 Å². The fraction of sp³-hybridized carbons (Fsp3) is 0.429. The summed E-state index contributed by atoms with van der Waals surface area (Å²) in [5.74, 6) is 0.0537. The van der Waals surface area contributed by atoms with Crippen LogP contribution in [0.4, 0.5) is 5.69 Å². The van der Waals surface area contributed by atoms with Crippen LogP contribution in [-0.4, -0.2) is 44.0 Å². The molecule has 0 atom stereocenters. The van der Waals surface area contributed by atoms with Crippen molar-refractivity contribution in [3.05, 3.63) is 23.8 Å². The maximum Gasteiger partial charge on any atom is 0.254 e. The number of hydrogen-bond donors (Lipinski definition) is 2. The van der Waals surface area contributed by atoms with Gasteiger partial charge in [0.1, 0.15) is 5.75 Å². The summed E-state index contributed by atoms with van der Waals surface area (Å²) in [6, 6.07) is 4.79. The molecule has 0 radical (unpaired) electrons.